The van der Waals surface area contributed by atoms with Gasteiger partial charge >= 0.3 is 17.9 Å². The van der Waals surface area contributed by atoms with Crippen molar-refractivity contribution >= 4 is 17.9 Å². The Morgan fingerprint density at radius 2 is 1.68 bits per heavy atom. The molecule has 1 aliphatic heterocycles. The third-order valence-electron chi connectivity index (χ3n) is 2.33. The minimum Gasteiger partial charge on any atom is -0.481 e. The highest BCUT2D eigenvalue weighted by Gasteiger charge is 2.41. The number of esters is 1. The Labute approximate surface area is 109 Å². The SMILES string of the molecule is C1CCOC1.COC(=O)CC(O)(CC(=O)O)C(=O)O. The summed E-state index contributed by atoms with van der Waals surface area (Å²) in [7, 11) is 1.01. The highest BCUT2D eigenvalue weighted by atomic mass is 16.5. The van der Waals surface area contributed by atoms with Gasteiger partial charge in [0.05, 0.1) is 20.0 Å². The Bertz CT molecular complexity index is 315. The van der Waals surface area contributed by atoms with Crippen LogP contribution in [-0.2, 0) is 23.9 Å². The highest BCUT2D eigenvalue weighted by molar-refractivity contribution is 5.88. The van der Waals surface area contributed by atoms with Crippen molar-refractivity contribution in [3.8, 4) is 0 Å². The predicted octanol–water partition coefficient (Wildman–Crippen LogP) is -0.363. The topological polar surface area (TPSA) is 130 Å². The van der Waals surface area contributed by atoms with E-state index < -0.39 is 36.4 Å². The summed E-state index contributed by atoms with van der Waals surface area (Å²) >= 11 is 0. The molecule has 19 heavy (non-hydrogen) atoms. The van der Waals surface area contributed by atoms with Crippen LogP contribution >= 0.6 is 0 Å². The first-order valence-corrected chi connectivity index (χ1v) is 5.64. The molecule has 1 rings (SSSR count). The minimum atomic E-state index is -2.61. The van der Waals surface area contributed by atoms with Crippen LogP contribution in [0.5, 0.6) is 0 Å². The number of rotatable bonds is 5. The number of carboxylic acids is 2. The maximum Gasteiger partial charge on any atom is 0.336 e. The molecule has 0 spiro atoms. The minimum absolute atomic E-state index is 0.898. The van der Waals surface area contributed by atoms with Gasteiger partial charge < -0.3 is 24.8 Å². The molecule has 0 aromatic heterocycles. The summed E-state index contributed by atoms with van der Waals surface area (Å²) in [5.41, 5.74) is -2.61. The zero-order valence-electron chi connectivity index (χ0n) is 10.6. The van der Waals surface area contributed by atoms with Crippen LogP contribution in [0.15, 0.2) is 0 Å². The standard InChI is InChI=1S/C7H10O7.C4H8O/c1-14-5(10)3-7(13,6(11)12)2-4(8)9;1-2-4-5-3-1/h13H,2-3H2,1H3,(H,8,9)(H,11,12);1-4H2. The normalized spacial score (nSPS) is 16.7. The number of aliphatic hydroxyl groups is 1. The van der Waals surface area contributed by atoms with Crippen LogP contribution < -0.4 is 0 Å². The van der Waals surface area contributed by atoms with Crippen molar-refractivity contribution in [3.05, 3.63) is 0 Å². The van der Waals surface area contributed by atoms with Crippen LogP contribution in [-0.4, -0.2) is 59.2 Å². The maximum atomic E-state index is 10.7. The van der Waals surface area contributed by atoms with Gasteiger partial charge in [0.25, 0.3) is 0 Å². The second kappa shape index (κ2) is 8.44. The van der Waals surface area contributed by atoms with Gasteiger partial charge in [-0.2, -0.15) is 0 Å². The number of carboxylic acid groups (broad SMARTS) is 2. The number of aliphatic carboxylic acids is 2. The lowest BCUT2D eigenvalue weighted by molar-refractivity contribution is -0.171. The van der Waals surface area contributed by atoms with Gasteiger partial charge in [0, 0.05) is 13.2 Å². The van der Waals surface area contributed by atoms with Gasteiger partial charge in [-0.05, 0) is 12.8 Å². The second-order valence-corrected chi connectivity index (χ2v) is 3.98. The van der Waals surface area contributed by atoms with Gasteiger partial charge in [0.2, 0.25) is 0 Å². The Morgan fingerprint density at radius 3 is 1.95 bits per heavy atom. The van der Waals surface area contributed by atoms with E-state index in [2.05, 4.69) is 4.74 Å². The van der Waals surface area contributed by atoms with Crippen LogP contribution in [0.2, 0.25) is 0 Å². The van der Waals surface area contributed by atoms with E-state index in [1.165, 1.54) is 12.8 Å². The Kier molecular flexibility index (Phi) is 7.69. The zero-order valence-corrected chi connectivity index (χ0v) is 10.6. The summed E-state index contributed by atoms with van der Waals surface area (Å²) < 4.78 is 9.07. The molecule has 1 unspecified atom stereocenters. The van der Waals surface area contributed by atoms with Crippen molar-refractivity contribution in [3.63, 3.8) is 0 Å². The molecule has 0 bridgehead atoms. The Balaban J connectivity index is 0.000000532. The molecular formula is C11H18O8. The van der Waals surface area contributed by atoms with Crippen LogP contribution in [0.25, 0.3) is 0 Å². The van der Waals surface area contributed by atoms with Crippen molar-refractivity contribution in [2.75, 3.05) is 20.3 Å². The molecule has 1 fully saturated rings. The molecule has 8 heteroatoms. The largest absolute Gasteiger partial charge is 0.481 e. The molecule has 0 amide bonds. The summed E-state index contributed by atoms with van der Waals surface area (Å²) in [4.78, 5) is 31.4. The predicted molar refractivity (Wildman–Crippen MR) is 61.5 cm³/mol. The number of hydrogen-bond acceptors (Lipinski definition) is 6. The van der Waals surface area contributed by atoms with Gasteiger partial charge in [0.1, 0.15) is 0 Å². The molecule has 1 aliphatic rings. The van der Waals surface area contributed by atoms with Crippen molar-refractivity contribution in [2.24, 2.45) is 0 Å². The molecule has 1 atom stereocenters. The molecule has 0 radical (unpaired) electrons. The molecule has 0 aromatic rings. The number of hydrogen-bond donors (Lipinski definition) is 3. The number of carbonyl (C=O) groups is 3. The first-order valence-electron chi connectivity index (χ1n) is 5.64. The quantitative estimate of drug-likeness (QED) is 0.581. The van der Waals surface area contributed by atoms with E-state index in [9.17, 15) is 19.5 Å². The van der Waals surface area contributed by atoms with Gasteiger partial charge in [-0.15, -0.1) is 0 Å². The molecule has 110 valence electrons. The van der Waals surface area contributed by atoms with Crippen LogP contribution in [0, 0.1) is 0 Å². The smallest absolute Gasteiger partial charge is 0.336 e. The molecule has 1 saturated heterocycles. The lowest BCUT2D eigenvalue weighted by Gasteiger charge is -2.19. The fraction of sp³-hybridized carbons (Fsp3) is 0.727. The Hall–Kier alpha value is -1.67. The lowest BCUT2D eigenvalue weighted by Crippen LogP contribution is -2.42. The molecule has 8 nitrogen and oxygen atoms in total. The van der Waals surface area contributed by atoms with E-state index >= 15 is 0 Å². The van der Waals surface area contributed by atoms with Gasteiger partial charge in [-0.1, -0.05) is 0 Å². The summed E-state index contributed by atoms with van der Waals surface area (Å²) in [5.74, 6) is -4.28. The molecule has 3 N–H and O–H groups in total. The van der Waals surface area contributed by atoms with E-state index in [1.54, 1.807) is 0 Å². The number of carbonyl (C=O) groups excluding carboxylic acids is 1. The summed E-state index contributed by atoms with van der Waals surface area (Å²) in [6, 6.07) is 0. The van der Waals surface area contributed by atoms with Gasteiger partial charge in [-0.3, -0.25) is 9.59 Å². The first-order chi connectivity index (χ1) is 8.81. The number of methoxy groups -OCH3 is 1. The zero-order chi connectivity index (χ0) is 14.9. The average molecular weight is 278 g/mol. The van der Waals surface area contributed by atoms with Crippen molar-refractivity contribution in [2.45, 2.75) is 31.3 Å². The van der Waals surface area contributed by atoms with Crippen LogP contribution in [0.4, 0.5) is 0 Å². The van der Waals surface area contributed by atoms with E-state index in [1.807, 2.05) is 0 Å². The third kappa shape index (κ3) is 7.37. The summed E-state index contributed by atoms with van der Waals surface area (Å²) in [6.45, 7) is 2.00. The Morgan fingerprint density at radius 1 is 1.16 bits per heavy atom. The molecule has 1 heterocycles. The highest BCUT2D eigenvalue weighted by Crippen LogP contribution is 2.16. The molecule has 0 saturated carbocycles. The lowest BCUT2D eigenvalue weighted by atomic mass is 9.96. The van der Waals surface area contributed by atoms with Crippen molar-refractivity contribution in [1.29, 1.82) is 0 Å². The summed E-state index contributed by atoms with van der Waals surface area (Å²) in [5, 5.41) is 26.1. The van der Waals surface area contributed by atoms with E-state index in [0.717, 1.165) is 20.3 Å². The molecule has 0 aliphatic carbocycles. The van der Waals surface area contributed by atoms with Crippen LogP contribution in [0.1, 0.15) is 25.7 Å². The first kappa shape index (κ1) is 17.3. The fourth-order valence-electron chi connectivity index (χ4n) is 1.29. The van der Waals surface area contributed by atoms with Gasteiger partial charge in [-0.25, -0.2) is 4.79 Å². The maximum absolute atomic E-state index is 10.7. The molecular weight excluding hydrogens is 260 g/mol. The van der Waals surface area contributed by atoms with Crippen molar-refractivity contribution < 1.29 is 39.2 Å². The van der Waals surface area contributed by atoms with E-state index in [-0.39, 0.29) is 0 Å². The summed E-state index contributed by atoms with van der Waals surface area (Å²) in [6.07, 6.45) is 0.600. The third-order valence-corrected chi connectivity index (χ3v) is 2.33. The van der Waals surface area contributed by atoms with Crippen molar-refractivity contribution in [1.82, 2.24) is 0 Å². The average Bonchev–Trinajstić information content (AvgIpc) is 2.85. The molecule has 0 aromatic carbocycles. The second-order valence-electron chi connectivity index (χ2n) is 3.98. The van der Waals surface area contributed by atoms with E-state index in [4.69, 9.17) is 14.9 Å². The van der Waals surface area contributed by atoms with Crippen LogP contribution in [0.3, 0.4) is 0 Å². The fourth-order valence-corrected chi connectivity index (χ4v) is 1.29. The van der Waals surface area contributed by atoms with E-state index in [0.29, 0.717) is 0 Å². The number of ether oxygens (including phenoxy) is 2. The van der Waals surface area contributed by atoms with Gasteiger partial charge in [0.15, 0.2) is 5.60 Å². The monoisotopic (exact) mass is 278 g/mol.